The normalized spacial score (nSPS) is 12.6. The third-order valence-corrected chi connectivity index (χ3v) is 4.03. The summed E-state index contributed by atoms with van der Waals surface area (Å²) in [5, 5.41) is 8.91. The Hall–Kier alpha value is -3.17. The van der Waals surface area contributed by atoms with Gasteiger partial charge >= 0.3 is 18.3 Å². The lowest BCUT2D eigenvalue weighted by atomic mass is 10.0. The Morgan fingerprint density at radius 1 is 1.00 bits per heavy atom. The lowest BCUT2D eigenvalue weighted by Gasteiger charge is -2.17. The number of halogens is 6. The van der Waals surface area contributed by atoms with Crippen LogP contribution >= 0.6 is 0 Å². The zero-order valence-corrected chi connectivity index (χ0v) is 15.7. The first kappa shape index (κ1) is 23.1. The fourth-order valence-electron chi connectivity index (χ4n) is 2.50. The number of ether oxygens (including phenoxy) is 2. The standard InChI is InChI=1S/C20H16F6O4/c1-11(18(27)28)7-12-3-6-16(17(8-12)29-2)30-10-13-4-5-14(19(21,22)23)9-15(13)20(24,25)26/h3-9H,10H2,1-2H3,(H,27,28). The average molecular weight is 434 g/mol. The van der Waals surface area contributed by atoms with Crippen LogP contribution in [0.3, 0.4) is 0 Å². The number of carbonyl (C=O) groups is 1. The van der Waals surface area contributed by atoms with Gasteiger partial charge in [-0.25, -0.2) is 4.79 Å². The molecule has 0 aliphatic carbocycles. The maximum Gasteiger partial charge on any atom is 0.416 e. The van der Waals surface area contributed by atoms with Crippen molar-refractivity contribution in [3.8, 4) is 11.5 Å². The molecule has 4 nitrogen and oxygen atoms in total. The van der Waals surface area contributed by atoms with Gasteiger partial charge in [-0.15, -0.1) is 0 Å². The minimum absolute atomic E-state index is 0.0376. The molecule has 1 N–H and O–H groups in total. The summed E-state index contributed by atoms with van der Waals surface area (Å²) in [4.78, 5) is 10.9. The molecule has 0 saturated carbocycles. The molecule has 30 heavy (non-hydrogen) atoms. The van der Waals surface area contributed by atoms with Crippen LogP contribution in [-0.4, -0.2) is 18.2 Å². The number of aliphatic carboxylic acids is 1. The quantitative estimate of drug-likeness (QED) is 0.461. The predicted molar refractivity (Wildman–Crippen MR) is 95.1 cm³/mol. The van der Waals surface area contributed by atoms with Gasteiger partial charge < -0.3 is 14.6 Å². The monoisotopic (exact) mass is 434 g/mol. The molecule has 0 spiro atoms. The molecule has 0 bridgehead atoms. The number of rotatable bonds is 6. The highest BCUT2D eigenvalue weighted by molar-refractivity contribution is 5.91. The molecule has 0 aliphatic rings. The van der Waals surface area contributed by atoms with Crippen molar-refractivity contribution in [3.63, 3.8) is 0 Å². The summed E-state index contributed by atoms with van der Waals surface area (Å²) in [6.45, 7) is 0.717. The van der Waals surface area contributed by atoms with E-state index in [1.165, 1.54) is 38.3 Å². The van der Waals surface area contributed by atoms with Crippen molar-refractivity contribution in [2.24, 2.45) is 0 Å². The van der Waals surface area contributed by atoms with Crippen LogP contribution in [0.5, 0.6) is 11.5 Å². The summed E-state index contributed by atoms with van der Waals surface area (Å²) in [5.74, 6) is -0.977. The lowest BCUT2D eigenvalue weighted by Crippen LogP contribution is -2.14. The molecule has 0 heterocycles. The maximum absolute atomic E-state index is 13.2. The van der Waals surface area contributed by atoms with Gasteiger partial charge in [0.25, 0.3) is 0 Å². The molecule has 2 aromatic carbocycles. The highest BCUT2D eigenvalue weighted by Crippen LogP contribution is 2.38. The fourth-order valence-corrected chi connectivity index (χ4v) is 2.50. The second-order valence-corrected chi connectivity index (χ2v) is 6.20. The van der Waals surface area contributed by atoms with E-state index in [4.69, 9.17) is 14.6 Å². The first-order chi connectivity index (χ1) is 13.8. The summed E-state index contributed by atoms with van der Waals surface area (Å²) in [6, 6.07) is 5.54. The van der Waals surface area contributed by atoms with Crippen LogP contribution in [-0.2, 0) is 23.8 Å². The molecule has 162 valence electrons. The van der Waals surface area contributed by atoms with Crippen molar-refractivity contribution in [1.29, 1.82) is 0 Å². The van der Waals surface area contributed by atoms with Crippen molar-refractivity contribution in [2.75, 3.05) is 7.11 Å². The molecule has 0 aliphatic heterocycles. The van der Waals surface area contributed by atoms with Gasteiger partial charge in [-0.3, -0.25) is 0 Å². The van der Waals surface area contributed by atoms with E-state index in [1.54, 1.807) is 0 Å². The summed E-state index contributed by atoms with van der Waals surface area (Å²) in [5.41, 5.74) is -2.85. The maximum atomic E-state index is 13.2. The zero-order chi connectivity index (χ0) is 22.7. The number of hydrogen-bond acceptors (Lipinski definition) is 3. The third kappa shape index (κ3) is 5.68. The smallest absolute Gasteiger partial charge is 0.416 e. The van der Waals surface area contributed by atoms with E-state index in [-0.39, 0.29) is 23.1 Å². The number of methoxy groups -OCH3 is 1. The van der Waals surface area contributed by atoms with Gasteiger partial charge in [0.05, 0.1) is 18.2 Å². The van der Waals surface area contributed by atoms with Gasteiger partial charge in [0.15, 0.2) is 11.5 Å². The van der Waals surface area contributed by atoms with Crippen molar-refractivity contribution < 1.29 is 45.7 Å². The molecular formula is C20H16F6O4. The van der Waals surface area contributed by atoms with Crippen LogP contribution in [0.2, 0.25) is 0 Å². The molecule has 0 radical (unpaired) electrons. The minimum Gasteiger partial charge on any atom is -0.493 e. The van der Waals surface area contributed by atoms with E-state index >= 15 is 0 Å². The molecule has 0 aromatic heterocycles. The van der Waals surface area contributed by atoms with Gasteiger partial charge in [0, 0.05) is 11.1 Å². The van der Waals surface area contributed by atoms with Crippen molar-refractivity contribution in [3.05, 3.63) is 64.2 Å². The van der Waals surface area contributed by atoms with Crippen LogP contribution in [0.1, 0.15) is 29.2 Å². The number of carboxylic acids is 1. The number of carboxylic acid groups (broad SMARTS) is 1. The van der Waals surface area contributed by atoms with Crippen molar-refractivity contribution >= 4 is 12.0 Å². The zero-order valence-electron chi connectivity index (χ0n) is 15.7. The van der Waals surface area contributed by atoms with Crippen LogP contribution in [0.4, 0.5) is 26.3 Å². The summed E-state index contributed by atoms with van der Waals surface area (Å²) in [7, 11) is 1.28. The molecule has 0 saturated heterocycles. The van der Waals surface area contributed by atoms with Crippen molar-refractivity contribution in [2.45, 2.75) is 25.9 Å². The first-order valence-electron chi connectivity index (χ1n) is 8.32. The van der Waals surface area contributed by atoms with Gasteiger partial charge in [0.1, 0.15) is 6.61 Å². The van der Waals surface area contributed by atoms with Gasteiger partial charge in [-0.05, 0) is 42.8 Å². The Bertz CT molecular complexity index is 961. The summed E-state index contributed by atoms with van der Waals surface area (Å²) < 4.78 is 88.4. The van der Waals surface area contributed by atoms with Gasteiger partial charge in [0.2, 0.25) is 0 Å². The Morgan fingerprint density at radius 2 is 1.67 bits per heavy atom. The molecule has 2 aromatic rings. The topological polar surface area (TPSA) is 55.8 Å². The Balaban J connectivity index is 2.32. The summed E-state index contributed by atoms with van der Waals surface area (Å²) >= 11 is 0. The van der Waals surface area contributed by atoms with E-state index in [2.05, 4.69) is 0 Å². The van der Waals surface area contributed by atoms with Gasteiger partial charge in [-0.2, -0.15) is 26.3 Å². The first-order valence-corrected chi connectivity index (χ1v) is 8.32. The number of alkyl halides is 6. The second kappa shape index (κ2) is 8.68. The Kier molecular flexibility index (Phi) is 6.69. The average Bonchev–Trinajstić information content (AvgIpc) is 2.65. The largest absolute Gasteiger partial charge is 0.493 e. The lowest BCUT2D eigenvalue weighted by molar-refractivity contribution is -0.143. The van der Waals surface area contributed by atoms with E-state index < -0.39 is 41.6 Å². The fraction of sp³-hybridized carbons (Fsp3) is 0.250. The molecule has 0 fully saturated rings. The van der Waals surface area contributed by atoms with Crippen LogP contribution < -0.4 is 9.47 Å². The van der Waals surface area contributed by atoms with Crippen LogP contribution in [0, 0.1) is 0 Å². The minimum atomic E-state index is -5.01. The predicted octanol–water partition coefficient (Wildman–Crippen LogP) is 5.80. The molecular weight excluding hydrogens is 418 g/mol. The van der Waals surface area contributed by atoms with Gasteiger partial charge in [-0.1, -0.05) is 12.1 Å². The second-order valence-electron chi connectivity index (χ2n) is 6.20. The third-order valence-electron chi connectivity index (χ3n) is 4.03. The summed E-state index contributed by atoms with van der Waals surface area (Å²) in [6.07, 6.45) is -8.57. The highest BCUT2D eigenvalue weighted by Gasteiger charge is 2.38. The molecule has 0 unspecified atom stereocenters. The Morgan fingerprint density at radius 3 is 2.20 bits per heavy atom. The number of benzene rings is 2. The molecule has 10 heteroatoms. The molecule has 2 rings (SSSR count). The molecule has 0 atom stereocenters. The van der Waals surface area contributed by atoms with Crippen LogP contribution in [0.15, 0.2) is 42.0 Å². The van der Waals surface area contributed by atoms with E-state index in [1.807, 2.05) is 0 Å². The van der Waals surface area contributed by atoms with Crippen molar-refractivity contribution in [1.82, 2.24) is 0 Å². The number of hydrogen-bond donors (Lipinski definition) is 1. The molecule has 0 amide bonds. The van der Waals surface area contributed by atoms with E-state index in [0.29, 0.717) is 17.7 Å². The SMILES string of the molecule is COc1cc(C=C(C)C(=O)O)ccc1OCc1ccc(C(F)(F)F)cc1C(F)(F)F. The van der Waals surface area contributed by atoms with Crippen LogP contribution in [0.25, 0.3) is 6.08 Å². The van der Waals surface area contributed by atoms with E-state index in [0.717, 1.165) is 0 Å². The Labute approximate surface area is 167 Å². The van der Waals surface area contributed by atoms with E-state index in [9.17, 15) is 31.1 Å². The highest BCUT2D eigenvalue weighted by atomic mass is 19.4.